The minimum Gasteiger partial charge on any atom is -0.497 e. The third-order valence-corrected chi connectivity index (χ3v) is 7.74. The van der Waals surface area contributed by atoms with E-state index < -0.39 is 0 Å². The number of ether oxygens (including phenoxy) is 2. The fourth-order valence-electron chi connectivity index (χ4n) is 5.93. The van der Waals surface area contributed by atoms with Crippen LogP contribution in [0.1, 0.15) is 36.6 Å². The molecule has 0 aliphatic carbocycles. The number of rotatable bonds is 5. The van der Waals surface area contributed by atoms with E-state index >= 15 is 0 Å². The fourth-order valence-corrected chi connectivity index (χ4v) is 5.93. The summed E-state index contributed by atoms with van der Waals surface area (Å²) in [5, 5.41) is 0. The van der Waals surface area contributed by atoms with Crippen molar-refractivity contribution in [3.8, 4) is 11.5 Å². The molecule has 0 N–H and O–H groups in total. The molecule has 0 bridgehead atoms. The SMILES string of the molecule is CCN1C(=O)N2Cc3cc(OC)cc(OC)c3CC=C2C12CCN(Cc1cccn1C)CC2. The molecule has 0 radical (unpaired) electrons. The third kappa shape index (κ3) is 3.50. The number of amides is 2. The lowest BCUT2D eigenvalue weighted by atomic mass is 9.83. The Kier molecular flexibility index (Phi) is 5.60. The number of carbonyl (C=O) groups excluding carboxylic acids is 1. The van der Waals surface area contributed by atoms with Crippen molar-refractivity contribution in [3.05, 3.63) is 59.1 Å². The number of piperidine rings is 1. The molecule has 176 valence electrons. The Morgan fingerprint density at radius 3 is 2.55 bits per heavy atom. The van der Waals surface area contributed by atoms with E-state index in [1.165, 1.54) is 11.4 Å². The van der Waals surface area contributed by atoms with Gasteiger partial charge in [-0.15, -0.1) is 0 Å². The van der Waals surface area contributed by atoms with Crippen LogP contribution < -0.4 is 9.47 Å². The van der Waals surface area contributed by atoms with E-state index in [9.17, 15) is 4.79 Å². The van der Waals surface area contributed by atoms with Crippen LogP contribution in [0.3, 0.4) is 0 Å². The highest BCUT2D eigenvalue weighted by atomic mass is 16.5. The predicted octanol–water partition coefficient (Wildman–Crippen LogP) is 3.77. The van der Waals surface area contributed by atoms with Gasteiger partial charge in [0.1, 0.15) is 11.5 Å². The van der Waals surface area contributed by atoms with Gasteiger partial charge in [-0.3, -0.25) is 9.80 Å². The highest BCUT2D eigenvalue weighted by Crippen LogP contribution is 2.46. The maximum atomic E-state index is 13.6. The van der Waals surface area contributed by atoms with Crippen molar-refractivity contribution in [1.82, 2.24) is 19.3 Å². The molecule has 0 saturated carbocycles. The summed E-state index contributed by atoms with van der Waals surface area (Å²) in [6.45, 7) is 6.28. The van der Waals surface area contributed by atoms with E-state index in [2.05, 4.69) is 52.7 Å². The standard InChI is InChI=1S/C26H34N4O3/c1-5-30-25(31)29-17-19-15-21(32-3)16-23(33-4)22(19)8-9-24(29)26(30)10-13-28(14-11-26)18-20-7-6-12-27(20)2/h6-7,9,12,15-16H,5,8,10-11,13-14,17-18H2,1-4H3. The van der Waals surface area contributed by atoms with Crippen molar-refractivity contribution in [2.45, 2.75) is 44.8 Å². The summed E-state index contributed by atoms with van der Waals surface area (Å²) in [4.78, 5) is 20.3. The zero-order valence-electron chi connectivity index (χ0n) is 20.1. The monoisotopic (exact) mass is 450 g/mol. The number of likely N-dealkylation sites (tertiary alicyclic amines) is 1. The van der Waals surface area contributed by atoms with E-state index in [1.807, 2.05) is 17.0 Å². The second-order valence-corrected chi connectivity index (χ2v) is 9.29. The highest BCUT2D eigenvalue weighted by molar-refractivity contribution is 5.83. The van der Waals surface area contributed by atoms with Crippen LogP contribution >= 0.6 is 0 Å². The largest absolute Gasteiger partial charge is 0.497 e. The molecule has 2 saturated heterocycles. The lowest BCUT2D eigenvalue weighted by Gasteiger charge is -2.44. The van der Waals surface area contributed by atoms with Crippen LogP contribution in [0.5, 0.6) is 11.5 Å². The number of nitrogens with zero attached hydrogens (tertiary/aromatic N) is 4. The number of aryl methyl sites for hydroxylation is 1. The molecule has 1 aromatic carbocycles. The van der Waals surface area contributed by atoms with Crippen molar-refractivity contribution >= 4 is 6.03 Å². The molecular weight excluding hydrogens is 416 g/mol. The fraction of sp³-hybridized carbons (Fsp3) is 0.500. The molecule has 33 heavy (non-hydrogen) atoms. The molecule has 3 aliphatic heterocycles. The van der Waals surface area contributed by atoms with Gasteiger partial charge in [-0.05, 0) is 49.9 Å². The number of methoxy groups -OCH3 is 2. The van der Waals surface area contributed by atoms with Crippen molar-refractivity contribution in [1.29, 1.82) is 0 Å². The zero-order valence-corrected chi connectivity index (χ0v) is 20.1. The van der Waals surface area contributed by atoms with E-state index in [0.29, 0.717) is 6.54 Å². The number of aromatic nitrogens is 1. The average Bonchev–Trinajstić information content (AvgIpc) is 3.23. The van der Waals surface area contributed by atoms with Crippen LogP contribution in [0.25, 0.3) is 0 Å². The maximum Gasteiger partial charge on any atom is 0.325 e. The summed E-state index contributed by atoms with van der Waals surface area (Å²) >= 11 is 0. The summed E-state index contributed by atoms with van der Waals surface area (Å²) in [5.74, 6) is 1.59. The Morgan fingerprint density at radius 2 is 1.91 bits per heavy atom. The molecule has 2 amide bonds. The molecule has 1 spiro atoms. The molecule has 2 fully saturated rings. The summed E-state index contributed by atoms with van der Waals surface area (Å²) in [6.07, 6.45) is 7.05. The molecule has 0 atom stereocenters. The minimum atomic E-state index is -0.226. The van der Waals surface area contributed by atoms with Gasteiger partial charge in [-0.2, -0.15) is 0 Å². The number of benzene rings is 1. The number of hydrogen-bond acceptors (Lipinski definition) is 4. The van der Waals surface area contributed by atoms with Crippen LogP contribution in [0.4, 0.5) is 4.79 Å². The van der Waals surface area contributed by atoms with E-state index in [-0.39, 0.29) is 11.6 Å². The quantitative estimate of drug-likeness (QED) is 0.696. The Labute approximate surface area is 196 Å². The molecule has 5 rings (SSSR count). The summed E-state index contributed by atoms with van der Waals surface area (Å²) < 4.78 is 13.4. The number of likely N-dealkylation sites (N-methyl/N-ethyl adjacent to an activating group) is 1. The predicted molar refractivity (Wildman–Crippen MR) is 127 cm³/mol. The third-order valence-electron chi connectivity index (χ3n) is 7.74. The van der Waals surface area contributed by atoms with Gasteiger partial charge in [0, 0.05) is 62.4 Å². The number of allylic oxidation sites excluding steroid dienone is 1. The number of hydrogen-bond donors (Lipinski definition) is 0. The second-order valence-electron chi connectivity index (χ2n) is 9.29. The molecule has 3 aliphatic rings. The summed E-state index contributed by atoms with van der Waals surface area (Å²) in [5.41, 5.74) is 4.51. The van der Waals surface area contributed by atoms with Gasteiger partial charge in [0.2, 0.25) is 0 Å². The Bertz CT molecular complexity index is 1080. The molecule has 7 nitrogen and oxygen atoms in total. The van der Waals surface area contributed by atoms with Gasteiger partial charge >= 0.3 is 6.03 Å². The lowest BCUT2D eigenvalue weighted by Crippen LogP contribution is -2.53. The average molecular weight is 451 g/mol. The van der Waals surface area contributed by atoms with Crippen LogP contribution in [-0.4, -0.2) is 64.7 Å². The van der Waals surface area contributed by atoms with Gasteiger partial charge in [-0.1, -0.05) is 6.08 Å². The molecule has 0 unspecified atom stereocenters. The minimum absolute atomic E-state index is 0.120. The van der Waals surface area contributed by atoms with E-state index in [0.717, 1.165) is 68.1 Å². The van der Waals surface area contributed by atoms with Crippen LogP contribution in [-0.2, 0) is 26.6 Å². The molecule has 2 aromatic rings. The van der Waals surface area contributed by atoms with Gasteiger partial charge in [-0.25, -0.2) is 4.79 Å². The molecular formula is C26H34N4O3. The smallest absolute Gasteiger partial charge is 0.325 e. The zero-order chi connectivity index (χ0) is 23.2. The second kappa shape index (κ2) is 8.45. The van der Waals surface area contributed by atoms with Crippen molar-refractivity contribution in [2.24, 2.45) is 7.05 Å². The van der Waals surface area contributed by atoms with Crippen LogP contribution in [0.15, 0.2) is 42.2 Å². The highest BCUT2D eigenvalue weighted by Gasteiger charge is 2.54. The number of urea groups is 1. The van der Waals surface area contributed by atoms with Crippen molar-refractivity contribution in [2.75, 3.05) is 33.9 Å². The molecule has 1 aromatic heterocycles. The van der Waals surface area contributed by atoms with E-state index in [4.69, 9.17) is 9.47 Å². The normalized spacial score (nSPS) is 19.9. The van der Waals surface area contributed by atoms with E-state index in [1.54, 1.807) is 14.2 Å². The Hall–Kier alpha value is -2.93. The number of fused-ring (bicyclic) bond motifs is 3. The first-order valence-corrected chi connectivity index (χ1v) is 11.9. The van der Waals surface area contributed by atoms with Gasteiger partial charge < -0.3 is 18.9 Å². The first kappa shape index (κ1) is 21.9. The van der Waals surface area contributed by atoms with Gasteiger partial charge in [0.05, 0.1) is 26.3 Å². The van der Waals surface area contributed by atoms with Crippen LogP contribution in [0.2, 0.25) is 0 Å². The maximum absolute atomic E-state index is 13.6. The summed E-state index contributed by atoms with van der Waals surface area (Å²) in [6, 6.07) is 8.40. The first-order chi connectivity index (χ1) is 16.0. The van der Waals surface area contributed by atoms with Crippen molar-refractivity contribution < 1.29 is 14.3 Å². The molecule has 7 heteroatoms. The number of carbonyl (C=O) groups is 1. The van der Waals surface area contributed by atoms with Gasteiger partial charge in [0.15, 0.2) is 0 Å². The van der Waals surface area contributed by atoms with Crippen LogP contribution in [0, 0.1) is 0 Å². The topological polar surface area (TPSA) is 50.2 Å². The first-order valence-electron chi connectivity index (χ1n) is 11.9. The Morgan fingerprint density at radius 1 is 1.12 bits per heavy atom. The Balaban J connectivity index is 1.44. The van der Waals surface area contributed by atoms with Crippen molar-refractivity contribution in [3.63, 3.8) is 0 Å². The lowest BCUT2D eigenvalue weighted by molar-refractivity contribution is 0.0878. The summed E-state index contributed by atoms with van der Waals surface area (Å²) in [7, 11) is 5.46. The molecule has 4 heterocycles. The van der Waals surface area contributed by atoms with Gasteiger partial charge in [0.25, 0.3) is 0 Å².